The normalized spacial score (nSPS) is 10.8. The topological polar surface area (TPSA) is 50.2 Å². The summed E-state index contributed by atoms with van der Waals surface area (Å²) in [4.78, 5) is 14.4. The van der Waals surface area contributed by atoms with Gasteiger partial charge in [0.15, 0.2) is 23.3 Å². The van der Waals surface area contributed by atoms with Crippen LogP contribution in [0.5, 0.6) is 0 Å². The molecule has 1 aromatic carbocycles. The number of rotatable bonds is 2. The highest BCUT2D eigenvalue weighted by molar-refractivity contribution is 6.33. The van der Waals surface area contributed by atoms with Crippen LogP contribution in [0.4, 0.5) is 22.0 Å². The van der Waals surface area contributed by atoms with Gasteiger partial charge in [0.05, 0.1) is 11.1 Å². The molecule has 3 nitrogen and oxygen atoms in total. The highest BCUT2D eigenvalue weighted by Crippen LogP contribution is 2.36. The molecule has 0 saturated carbocycles. The Labute approximate surface area is 118 Å². The number of hydrogen-bond acceptors (Lipinski definition) is 2. The zero-order chi connectivity index (χ0) is 15.9. The molecule has 0 radical (unpaired) electrons. The predicted octanol–water partition coefficient (Wildman–Crippen LogP) is 3.80. The lowest BCUT2D eigenvalue weighted by atomic mass is 10.00. The second-order valence-electron chi connectivity index (χ2n) is 3.77. The van der Waals surface area contributed by atoms with Crippen molar-refractivity contribution in [1.82, 2.24) is 4.98 Å². The Morgan fingerprint density at radius 2 is 1.43 bits per heavy atom. The van der Waals surface area contributed by atoms with Crippen LogP contribution in [-0.2, 0) is 0 Å². The SMILES string of the molecule is O=C(O)c1ccnc(Cl)c1-c1c(F)c(F)c(F)c(F)c1F. The Kier molecular flexibility index (Phi) is 3.82. The van der Waals surface area contributed by atoms with Gasteiger partial charge in [0.25, 0.3) is 0 Å². The van der Waals surface area contributed by atoms with E-state index in [0.29, 0.717) is 0 Å². The fourth-order valence-electron chi connectivity index (χ4n) is 1.68. The van der Waals surface area contributed by atoms with Gasteiger partial charge in [-0.3, -0.25) is 0 Å². The molecule has 2 aromatic rings. The number of aromatic carboxylic acids is 1. The third kappa shape index (κ3) is 2.31. The van der Waals surface area contributed by atoms with Crippen molar-refractivity contribution in [3.63, 3.8) is 0 Å². The van der Waals surface area contributed by atoms with Crippen molar-refractivity contribution in [1.29, 1.82) is 0 Å². The van der Waals surface area contributed by atoms with Crippen LogP contribution in [0.25, 0.3) is 11.1 Å². The maximum atomic E-state index is 13.7. The molecular weight excluding hydrogens is 321 g/mol. The van der Waals surface area contributed by atoms with Crippen molar-refractivity contribution < 1.29 is 31.9 Å². The third-order valence-corrected chi connectivity index (χ3v) is 2.88. The van der Waals surface area contributed by atoms with E-state index in [1.807, 2.05) is 0 Å². The van der Waals surface area contributed by atoms with Crippen molar-refractivity contribution in [3.8, 4) is 11.1 Å². The lowest BCUT2D eigenvalue weighted by Gasteiger charge is -2.11. The minimum atomic E-state index is -2.36. The van der Waals surface area contributed by atoms with Crippen molar-refractivity contribution in [3.05, 3.63) is 52.1 Å². The zero-order valence-electron chi connectivity index (χ0n) is 9.73. The van der Waals surface area contributed by atoms with Gasteiger partial charge < -0.3 is 5.11 Å². The summed E-state index contributed by atoms with van der Waals surface area (Å²) in [6, 6.07) is 0.821. The molecular formula is C12H3ClF5NO2. The van der Waals surface area contributed by atoms with Crippen molar-refractivity contribution >= 4 is 17.6 Å². The molecule has 1 aromatic heterocycles. The van der Waals surface area contributed by atoms with Crippen LogP contribution < -0.4 is 0 Å². The second kappa shape index (κ2) is 5.28. The molecule has 0 amide bonds. The number of carbonyl (C=O) groups is 1. The summed E-state index contributed by atoms with van der Waals surface area (Å²) in [5.74, 6) is -12.8. The first-order valence-corrected chi connectivity index (χ1v) is 5.54. The van der Waals surface area contributed by atoms with Crippen molar-refractivity contribution in [2.24, 2.45) is 0 Å². The molecule has 1 heterocycles. The smallest absolute Gasteiger partial charge is 0.336 e. The molecule has 0 aliphatic rings. The average Bonchev–Trinajstić information content (AvgIpc) is 2.44. The van der Waals surface area contributed by atoms with E-state index in [2.05, 4.69) is 4.98 Å². The fraction of sp³-hybridized carbons (Fsp3) is 0. The van der Waals surface area contributed by atoms with Gasteiger partial charge in [-0.05, 0) is 6.07 Å². The van der Waals surface area contributed by atoms with E-state index in [-0.39, 0.29) is 0 Å². The number of pyridine rings is 1. The standard InChI is InChI=1S/C12H3ClF5NO2/c13-11-4(3(12(20)21)1-2-19-11)5-6(14)8(16)10(18)9(17)7(5)15/h1-2H,(H,20,21). The maximum absolute atomic E-state index is 13.7. The Morgan fingerprint density at radius 1 is 0.952 bits per heavy atom. The molecule has 0 bridgehead atoms. The Bertz CT molecular complexity index is 737. The lowest BCUT2D eigenvalue weighted by molar-refractivity contribution is 0.0697. The van der Waals surface area contributed by atoms with Crippen LogP contribution in [0.1, 0.15) is 10.4 Å². The number of aromatic nitrogens is 1. The number of halogens is 6. The van der Waals surface area contributed by atoms with Gasteiger partial charge in [0.1, 0.15) is 5.15 Å². The van der Waals surface area contributed by atoms with Crippen LogP contribution in [0.2, 0.25) is 5.15 Å². The predicted molar refractivity (Wildman–Crippen MR) is 61.4 cm³/mol. The molecule has 9 heteroatoms. The summed E-state index contributed by atoms with van der Waals surface area (Å²) >= 11 is 5.55. The number of carboxylic acids is 1. The second-order valence-corrected chi connectivity index (χ2v) is 4.13. The maximum Gasteiger partial charge on any atom is 0.336 e. The minimum absolute atomic E-state index is 0.710. The van der Waals surface area contributed by atoms with E-state index < -0.39 is 56.9 Å². The number of hydrogen-bond donors (Lipinski definition) is 1. The Morgan fingerprint density at radius 3 is 1.90 bits per heavy atom. The van der Waals surface area contributed by atoms with Gasteiger partial charge in [-0.2, -0.15) is 0 Å². The van der Waals surface area contributed by atoms with Gasteiger partial charge in [-0.25, -0.2) is 31.7 Å². The molecule has 2 rings (SSSR count). The first-order chi connectivity index (χ1) is 9.77. The van der Waals surface area contributed by atoms with Gasteiger partial charge in [-0.1, -0.05) is 11.6 Å². The largest absolute Gasteiger partial charge is 0.478 e. The summed E-state index contributed by atoms with van der Waals surface area (Å²) in [5.41, 5.74) is -3.08. The quantitative estimate of drug-likeness (QED) is 0.396. The summed E-state index contributed by atoms with van der Waals surface area (Å²) < 4.78 is 66.8. The first-order valence-electron chi connectivity index (χ1n) is 5.17. The lowest BCUT2D eigenvalue weighted by Crippen LogP contribution is -2.08. The Hall–Kier alpha value is -2.22. The molecule has 21 heavy (non-hydrogen) atoms. The highest BCUT2D eigenvalue weighted by atomic mass is 35.5. The van der Waals surface area contributed by atoms with Crippen LogP contribution in [0, 0.1) is 29.1 Å². The van der Waals surface area contributed by atoms with Crippen molar-refractivity contribution in [2.75, 3.05) is 0 Å². The van der Waals surface area contributed by atoms with Gasteiger partial charge >= 0.3 is 5.97 Å². The molecule has 0 unspecified atom stereocenters. The zero-order valence-corrected chi connectivity index (χ0v) is 10.5. The molecule has 110 valence electrons. The fourth-order valence-corrected chi connectivity index (χ4v) is 1.93. The number of nitrogens with zero attached hydrogens (tertiary/aromatic N) is 1. The molecule has 0 aliphatic carbocycles. The summed E-state index contributed by atoms with van der Waals surface area (Å²) in [5, 5.41) is 8.22. The molecule has 0 saturated heterocycles. The first kappa shape index (κ1) is 15.2. The molecule has 1 N–H and O–H groups in total. The number of benzene rings is 1. The summed E-state index contributed by atoms with van der Waals surface area (Å²) in [7, 11) is 0. The molecule has 0 atom stereocenters. The minimum Gasteiger partial charge on any atom is -0.478 e. The Balaban J connectivity index is 2.96. The van der Waals surface area contributed by atoms with E-state index in [4.69, 9.17) is 16.7 Å². The van der Waals surface area contributed by atoms with E-state index in [1.54, 1.807) is 0 Å². The summed E-state index contributed by atoms with van der Waals surface area (Å²) in [6.45, 7) is 0. The van der Waals surface area contributed by atoms with E-state index in [9.17, 15) is 26.7 Å². The molecule has 0 fully saturated rings. The number of carboxylic acid groups (broad SMARTS) is 1. The van der Waals surface area contributed by atoms with E-state index >= 15 is 0 Å². The van der Waals surface area contributed by atoms with E-state index in [0.717, 1.165) is 12.3 Å². The van der Waals surface area contributed by atoms with Gasteiger partial charge in [-0.15, -0.1) is 0 Å². The molecule has 0 spiro atoms. The monoisotopic (exact) mass is 323 g/mol. The summed E-state index contributed by atoms with van der Waals surface area (Å²) in [6.07, 6.45) is 0.918. The van der Waals surface area contributed by atoms with E-state index in [1.165, 1.54) is 0 Å². The van der Waals surface area contributed by atoms with Gasteiger partial charge in [0, 0.05) is 11.8 Å². The van der Waals surface area contributed by atoms with Crippen LogP contribution in [-0.4, -0.2) is 16.1 Å². The van der Waals surface area contributed by atoms with Crippen LogP contribution in [0.3, 0.4) is 0 Å². The molecule has 0 aliphatic heterocycles. The average molecular weight is 324 g/mol. The highest BCUT2D eigenvalue weighted by Gasteiger charge is 2.30. The van der Waals surface area contributed by atoms with Gasteiger partial charge in [0.2, 0.25) is 5.82 Å². The van der Waals surface area contributed by atoms with Crippen molar-refractivity contribution in [2.45, 2.75) is 0 Å². The van der Waals surface area contributed by atoms with Crippen LogP contribution in [0.15, 0.2) is 12.3 Å². The third-order valence-electron chi connectivity index (χ3n) is 2.59. The van der Waals surface area contributed by atoms with Crippen LogP contribution >= 0.6 is 11.6 Å².